The number of carbonyl (C=O) groups is 1. The summed E-state index contributed by atoms with van der Waals surface area (Å²) in [6.07, 6.45) is 1.05. The summed E-state index contributed by atoms with van der Waals surface area (Å²) in [5.41, 5.74) is 0.906. The molecule has 0 fully saturated rings. The smallest absolute Gasteiger partial charge is 0.263 e. The number of benzene rings is 1. The number of rotatable bonds is 3. The maximum absolute atomic E-state index is 12.0. The van der Waals surface area contributed by atoms with Crippen LogP contribution in [0.5, 0.6) is 5.75 Å². The number of amides is 1. The monoisotopic (exact) mass is 273 g/mol. The third-order valence-electron chi connectivity index (χ3n) is 2.99. The number of ether oxygens (including phenoxy) is 1. The predicted octanol–water partition coefficient (Wildman–Crippen LogP) is 0.304. The Hall–Kier alpha value is -2.57. The van der Waals surface area contributed by atoms with Crippen LogP contribution in [-0.4, -0.2) is 33.3 Å². The van der Waals surface area contributed by atoms with Crippen molar-refractivity contribution in [1.29, 1.82) is 0 Å². The summed E-state index contributed by atoms with van der Waals surface area (Å²) in [7, 11) is 1.78. The van der Waals surface area contributed by atoms with Gasteiger partial charge in [-0.1, -0.05) is 12.1 Å². The van der Waals surface area contributed by atoms with Gasteiger partial charge in [-0.15, -0.1) is 0 Å². The second-order valence-electron chi connectivity index (χ2n) is 4.54. The van der Waals surface area contributed by atoms with E-state index in [9.17, 15) is 4.79 Å². The van der Waals surface area contributed by atoms with Gasteiger partial charge in [-0.05, 0) is 12.1 Å². The lowest BCUT2D eigenvalue weighted by Gasteiger charge is -2.26. The number of aryl methyl sites for hydroxylation is 1. The van der Waals surface area contributed by atoms with Crippen molar-refractivity contribution in [2.24, 2.45) is 7.05 Å². The molecule has 1 aliphatic heterocycles. The second kappa shape index (κ2) is 5.20. The van der Waals surface area contributed by atoms with Gasteiger partial charge in [-0.2, -0.15) is 5.10 Å². The molecule has 1 amide bonds. The fourth-order valence-corrected chi connectivity index (χ4v) is 2.00. The van der Waals surface area contributed by atoms with Gasteiger partial charge in [0.05, 0.1) is 18.8 Å². The second-order valence-corrected chi connectivity index (χ2v) is 4.54. The summed E-state index contributed by atoms with van der Waals surface area (Å²) < 4.78 is 7.26. The SMILES string of the molecule is Cn1cnc(CNC(=O)C2CNc3ccccc3O2)n1. The first-order valence-electron chi connectivity index (χ1n) is 6.34. The molecule has 1 unspecified atom stereocenters. The van der Waals surface area contributed by atoms with Gasteiger partial charge < -0.3 is 15.4 Å². The molecule has 2 aromatic rings. The van der Waals surface area contributed by atoms with E-state index in [0.717, 1.165) is 5.69 Å². The molecular formula is C13H15N5O2. The van der Waals surface area contributed by atoms with E-state index in [1.165, 1.54) is 0 Å². The Morgan fingerprint density at radius 2 is 2.40 bits per heavy atom. The lowest BCUT2D eigenvalue weighted by Crippen LogP contribution is -2.44. The minimum Gasteiger partial charge on any atom is -0.477 e. The van der Waals surface area contributed by atoms with E-state index in [2.05, 4.69) is 20.7 Å². The average Bonchev–Trinajstić information content (AvgIpc) is 2.90. The van der Waals surface area contributed by atoms with E-state index in [1.807, 2.05) is 24.3 Å². The highest BCUT2D eigenvalue weighted by Gasteiger charge is 2.25. The summed E-state index contributed by atoms with van der Waals surface area (Å²) in [5.74, 6) is 1.08. The van der Waals surface area contributed by atoms with Gasteiger partial charge in [0.1, 0.15) is 12.1 Å². The number of hydrogen-bond donors (Lipinski definition) is 2. The normalized spacial score (nSPS) is 16.8. The van der Waals surface area contributed by atoms with Crippen molar-refractivity contribution in [2.45, 2.75) is 12.6 Å². The van der Waals surface area contributed by atoms with Gasteiger partial charge in [-0.3, -0.25) is 9.48 Å². The first-order chi connectivity index (χ1) is 9.72. The first kappa shape index (κ1) is 12.5. The molecule has 0 spiro atoms. The first-order valence-corrected chi connectivity index (χ1v) is 6.34. The van der Waals surface area contributed by atoms with Crippen LogP contribution < -0.4 is 15.4 Å². The summed E-state index contributed by atoms with van der Waals surface area (Å²) >= 11 is 0. The molecule has 1 atom stereocenters. The van der Waals surface area contributed by atoms with Crippen LogP contribution in [0.2, 0.25) is 0 Å². The number of nitrogens with one attached hydrogen (secondary N) is 2. The molecular weight excluding hydrogens is 258 g/mol. The number of hydrogen-bond acceptors (Lipinski definition) is 5. The maximum atomic E-state index is 12.0. The fraction of sp³-hybridized carbons (Fsp3) is 0.308. The molecule has 0 radical (unpaired) electrons. The summed E-state index contributed by atoms with van der Waals surface area (Å²) in [6.45, 7) is 0.736. The largest absolute Gasteiger partial charge is 0.477 e. The van der Waals surface area contributed by atoms with Crippen LogP contribution >= 0.6 is 0 Å². The predicted molar refractivity (Wildman–Crippen MR) is 72.2 cm³/mol. The maximum Gasteiger partial charge on any atom is 0.263 e. The molecule has 2 heterocycles. The molecule has 7 heteroatoms. The van der Waals surface area contributed by atoms with Crippen LogP contribution in [0, 0.1) is 0 Å². The zero-order chi connectivity index (χ0) is 13.9. The molecule has 0 bridgehead atoms. The lowest BCUT2D eigenvalue weighted by atomic mass is 10.2. The van der Waals surface area contributed by atoms with E-state index >= 15 is 0 Å². The van der Waals surface area contributed by atoms with Crippen molar-refractivity contribution in [3.05, 3.63) is 36.4 Å². The zero-order valence-corrected chi connectivity index (χ0v) is 11.0. The van der Waals surface area contributed by atoms with E-state index in [0.29, 0.717) is 24.7 Å². The molecule has 20 heavy (non-hydrogen) atoms. The lowest BCUT2D eigenvalue weighted by molar-refractivity contribution is -0.127. The summed E-state index contributed by atoms with van der Waals surface area (Å²) in [4.78, 5) is 16.1. The van der Waals surface area contributed by atoms with Gasteiger partial charge in [0.15, 0.2) is 11.9 Å². The molecule has 1 aromatic heterocycles. The number of para-hydroxylation sites is 2. The van der Waals surface area contributed by atoms with Crippen LogP contribution in [0.15, 0.2) is 30.6 Å². The van der Waals surface area contributed by atoms with Crippen LogP contribution in [-0.2, 0) is 18.4 Å². The quantitative estimate of drug-likeness (QED) is 0.841. The fourth-order valence-electron chi connectivity index (χ4n) is 2.00. The van der Waals surface area contributed by atoms with E-state index in [4.69, 9.17) is 4.74 Å². The number of fused-ring (bicyclic) bond motifs is 1. The Labute approximate surface area is 116 Å². The van der Waals surface area contributed by atoms with Gasteiger partial charge in [0.25, 0.3) is 5.91 Å². The number of nitrogens with zero attached hydrogens (tertiary/aromatic N) is 3. The molecule has 0 saturated heterocycles. The van der Waals surface area contributed by atoms with Gasteiger partial charge in [-0.25, -0.2) is 4.98 Å². The Bertz CT molecular complexity index is 625. The third-order valence-corrected chi connectivity index (χ3v) is 2.99. The van der Waals surface area contributed by atoms with Crippen molar-refractivity contribution in [1.82, 2.24) is 20.1 Å². The van der Waals surface area contributed by atoms with Gasteiger partial charge in [0.2, 0.25) is 0 Å². The molecule has 7 nitrogen and oxygen atoms in total. The van der Waals surface area contributed by atoms with Crippen LogP contribution in [0.1, 0.15) is 5.82 Å². The molecule has 1 aromatic carbocycles. The van der Waals surface area contributed by atoms with Gasteiger partial charge >= 0.3 is 0 Å². The Morgan fingerprint density at radius 1 is 1.55 bits per heavy atom. The molecule has 3 rings (SSSR count). The highest BCUT2D eigenvalue weighted by atomic mass is 16.5. The number of carbonyl (C=O) groups excluding carboxylic acids is 1. The number of anilines is 1. The standard InChI is InChI=1S/C13H15N5O2/c1-18-8-16-12(17-18)7-15-13(19)11-6-14-9-4-2-3-5-10(9)20-11/h2-5,8,11,14H,6-7H2,1H3,(H,15,19). The Kier molecular flexibility index (Phi) is 3.24. The highest BCUT2D eigenvalue weighted by Crippen LogP contribution is 2.28. The molecule has 2 N–H and O–H groups in total. The van der Waals surface area contributed by atoms with Crippen molar-refractivity contribution >= 4 is 11.6 Å². The Morgan fingerprint density at radius 3 is 3.20 bits per heavy atom. The van der Waals surface area contributed by atoms with Crippen molar-refractivity contribution in [2.75, 3.05) is 11.9 Å². The molecule has 0 saturated carbocycles. The van der Waals surface area contributed by atoms with E-state index in [-0.39, 0.29) is 5.91 Å². The van der Waals surface area contributed by atoms with E-state index < -0.39 is 6.10 Å². The minimum absolute atomic E-state index is 0.181. The topological polar surface area (TPSA) is 81.1 Å². The molecule has 104 valence electrons. The summed E-state index contributed by atoms with van der Waals surface area (Å²) in [6, 6.07) is 7.55. The Balaban J connectivity index is 1.59. The van der Waals surface area contributed by atoms with Crippen LogP contribution in [0.4, 0.5) is 5.69 Å². The van der Waals surface area contributed by atoms with Crippen molar-refractivity contribution in [3.8, 4) is 5.75 Å². The van der Waals surface area contributed by atoms with E-state index in [1.54, 1.807) is 18.1 Å². The average molecular weight is 273 g/mol. The zero-order valence-electron chi connectivity index (χ0n) is 11.0. The molecule has 0 aliphatic carbocycles. The van der Waals surface area contributed by atoms with Crippen LogP contribution in [0.3, 0.4) is 0 Å². The number of aromatic nitrogens is 3. The summed E-state index contributed by atoms with van der Waals surface area (Å²) in [5, 5.41) is 10.0. The van der Waals surface area contributed by atoms with Crippen LogP contribution in [0.25, 0.3) is 0 Å². The third kappa shape index (κ3) is 2.56. The van der Waals surface area contributed by atoms with Gasteiger partial charge in [0, 0.05) is 7.05 Å². The van der Waals surface area contributed by atoms with Crippen molar-refractivity contribution in [3.63, 3.8) is 0 Å². The molecule has 1 aliphatic rings. The van der Waals surface area contributed by atoms with Crippen molar-refractivity contribution < 1.29 is 9.53 Å². The minimum atomic E-state index is -0.548. The highest BCUT2D eigenvalue weighted by molar-refractivity contribution is 5.82.